The minimum Gasteiger partial charge on any atom is -0.317 e. The van der Waals surface area contributed by atoms with Crippen molar-refractivity contribution in [2.24, 2.45) is 5.41 Å². The van der Waals surface area contributed by atoms with Gasteiger partial charge in [-0.25, -0.2) is 0 Å². The van der Waals surface area contributed by atoms with Gasteiger partial charge in [-0.15, -0.1) is 0 Å². The van der Waals surface area contributed by atoms with Crippen LogP contribution in [0.25, 0.3) is 0 Å². The highest BCUT2D eigenvalue weighted by Crippen LogP contribution is 2.45. The molecule has 1 saturated heterocycles. The molecule has 0 radical (unpaired) electrons. The second kappa shape index (κ2) is 6.95. The van der Waals surface area contributed by atoms with E-state index in [9.17, 15) is 0 Å². The summed E-state index contributed by atoms with van der Waals surface area (Å²) in [7, 11) is -1.16. The highest BCUT2D eigenvalue weighted by Gasteiger charge is 2.31. The standard InChI is InChI=1S/C16H23N3O3P/c1-13(9-14-7-5-4-6-8-14)19-10-15(22-18-19)17-23-20-11-16(2,3)12-21-23/h4-8,10,13,17H,9,11-12H2,1-3H3/q+1. The van der Waals surface area contributed by atoms with Gasteiger partial charge in [0.1, 0.15) is 0 Å². The van der Waals surface area contributed by atoms with Crippen LogP contribution in [0.4, 0.5) is 5.88 Å². The number of nitrogens with one attached hydrogen (secondary N) is 1. The zero-order valence-corrected chi connectivity index (χ0v) is 14.6. The fourth-order valence-electron chi connectivity index (χ4n) is 2.26. The molecule has 1 aromatic heterocycles. The summed E-state index contributed by atoms with van der Waals surface area (Å²) in [5.74, 6) is 0.565. The van der Waals surface area contributed by atoms with Crippen molar-refractivity contribution in [2.75, 3.05) is 18.3 Å². The molecule has 0 spiro atoms. The molecular weight excluding hydrogens is 313 g/mol. The van der Waals surface area contributed by atoms with Gasteiger partial charge in [-0.05, 0) is 10.2 Å². The Morgan fingerprint density at radius 3 is 2.65 bits per heavy atom. The minimum atomic E-state index is -1.16. The van der Waals surface area contributed by atoms with Crippen LogP contribution in [0.2, 0.25) is 0 Å². The molecule has 2 aromatic rings. The fourth-order valence-corrected chi connectivity index (χ4v) is 3.68. The molecule has 1 N–H and O–H groups in total. The third-order valence-electron chi connectivity index (χ3n) is 3.66. The van der Waals surface area contributed by atoms with Gasteiger partial charge in [-0.2, -0.15) is 0 Å². The summed E-state index contributed by atoms with van der Waals surface area (Å²) < 4.78 is 18.5. The topological polar surface area (TPSA) is 60.4 Å². The van der Waals surface area contributed by atoms with Gasteiger partial charge in [-0.3, -0.25) is 9.61 Å². The van der Waals surface area contributed by atoms with Crippen molar-refractivity contribution < 1.29 is 18.3 Å². The Hall–Kier alpha value is -1.49. The molecule has 1 aromatic carbocycles. The summed E-state index contributed by atoms with van der Waals surface area (Å²) in [5, 5.41) is 7.21. The van der Waals surface area contributed by atoms with Crippen LogP contribution in [0.15, 0.2) is 41.1 Å². The zero-order valence-electron chi connectivity index (χ0n) is 13.7. The first-order valence-electron chi connectivity index (χ1n) is 7.76. The predicted molar refractivity (Wildman–Crippen MR) is 87.8 cm³/mol. The molecule has 2 heterocycles. The summed E-state index contributed by atoms with van der Waals surface area (Å²) in [4.78, 5) is 0. The van der Waals surface area contributed by atoms with Crippen molar-refractivity contribution in [3.8, 4) is 0 Å². The lowest BCUT2D eigenvalue weighted by Crippen LogP contribution is -2.40. The van der Waals surface area contributed by atoms with E-state index < -0.39 is 8.53 Å². The van der Waals surface area contributed by atoms with Crippen LogP contribution in [0.5, 0.6) is 0 Å². The number of nitrogens with zero attached hydrogens (tertiary/aromatic N) is 2. The van der Waals surface area contributed by atoms with E-state index in [1.165, 1.54) is 5.56 Å². The van der Waals surface area contributed by atoms with Crippen LogP contribution in [0, 0.1) is 5.41 Å². The van der Waals surface area contributed by atoms with Gasteiger partial charge in [0.15, 0.2) is 6.04 Å². The van der Waals surface area contributed by atoms with E-state index in [1.807, 2.05) is 29.1 Å². The van der Waals surface area contributed by atoms with Gasteiger partial charge in [0.05, 0.1) is 13.2 Å². The molecule has 0 bridgehead atoms. The quantitative estimate of drug-likeness (QED) is 0.669. The maximum atomic E-state index is 5.70. The molecule has 1 fully saturated rings. The van der Waals surface area contributed by atoms with Gasteiger partial charge >= 0.3 is 5.88 Å². The Morgan fingerprint density at radius 2 is 1.96 bits per heavy atom. The summed E-state index contributed by atoms with van der Waals surface area (Å²) in [6, 6.07) is 10.6. The molecule has 1 aliphatic heterocycles. The predicted octanol–water partition coefficient (Wildman–Crippen LogP) is 3.48. The van der Waals surface area contributed by atoms with Crippen molar-refractivity contribution in [3.63, 3.8) is 0 Å². The molecule has 1 atom stereocenters. The molecule has 0 aliphatic carbocycles. The average Bonchev–Trinajstić information content (AvgIpc) is 2.99. The number of hydrogen-bond donors (Lipinski definition) is 1. The van der Waals surface area contributed by atoms with Crippen LogP contribution in [-0.2, 0) is 15.5 Å². The van der Waals surface area contributed by atoms with E-state index in [0.717, 1.165) is 6.42 Å². The maximum absolute atomic E-state index is 5.70. The summed E-state index contributed by atoms with van der Waals surface area (Å²) in [6.07, 6.45) is 2.75. The van der Waals surface area contributed by atoms with Crippen LogP contribution >= 0.6 is 8.53 Å². The SMILES string of the molecule is CC(Cc1ccccc1)[n+]1cc(NP2OCC(C)(C)CO2)on1. The smallest absolute Gasteiger partial charge is 0.302 e. The molecule has 1 unspecified atom stereocenters. The normalized spacial score (nSPS) is 19.4. The molecule has 7 heteroatoms. The van der Waals surface area contributed by atoms with Gasteiger partial charge in [0, 0.05) is 18.8 Å². The summed E-state index contributed by atoms with van der Waals surface area (Å²) in [6.45, 7) is 7.69. The van der Waals surface area contributed by atoms with Crippen LogP contribution in [0.1, 0.15) is 32.4 Å². The van der Waals surface area contributed by atoms with Crippen molar-refractivity contribution in [1.29, 1.82) is 0 Å². The zero-order chi connectivity index (χ0) is 16.3. The summed E-state index contributed by atoms with van der Waals surface area (Å²) in [5.41, 5.74) is 1.34. The van der Waals surface area contributed by atoms with Crippen molar-refractivity contribution in [3.05, 3.63) is 42.1 Å². The lowest BCUT2D eigenvalue weighted by Gasteiger charge is -2.32. The van der Waals surface area contributed by atoms with E-state index >= 15 is 0 Å². The third kappa shape index (κ3) is 4.50. The monoisotopic (exact) mass is 336 g/mol. The molecule has 6 nitrogen and oxygen atoms in total. The molecule has 23 heavy (non-hydrogen) atoms. The first-order valence-corrected chi connectivity index (χ1v) is 8.94. The Morgan fingerprint density at radius 1 is 1.26 bits per heavy atom. The number of aromatic nitrogens is 2. The van der Waals surface area contributed by atoms with E-state index in [4.69, 9.17) is 13.6 Å². The lowest BCUT2D eigenvalue weighted by atomic mass is 9.97. The van der Waals surface area contributed by atoms with E-state index in [-0.39, 0.29) is 11.5 Å². The molecule has 0 saturated carbocycles. The van der Waals surface area contributed by atoms with Crippen LogP contribution in [0.3, 0.4) is 0 Å². The molecule has 0 amide bonds. The number of anilines is 1. The minimum absolute atomic E-state index is 0.0615. The largest absolute Gasteiger partial charge is 0.317 e. The van der Waals surface area contributed by atoms with Crippen LogP contribution in [-0.4, -0.2) is 18.5 Å². The fraction of sp³-hybridized carbons (Fsp3) is 0.500. The lowest BCUT2D eigenvalue weighted by molar-refractivity contribution is -0.782. The Kier molecular flexibility index (Phi) is 4.95. The van der Waals surface area contributed by atoms with E-state index in [2.05, 4.69) is 43.3 Å². The summed E-state index contributed by atoms with van der Waals surface area (Å²) >= 11 is 0. The first kappa shape index (κ1) is 16.4. The highest BCUT2D eigenvalue weighted by molar-refractivity contribution is 7.49. The number of rotatable bonds is 5. The number of benzene rings is 1. The van der Waals surface area contributed by atoms with Crippen molar-refractivity contribution >= 4 is 14.4 Å². The van der Waals surface area contributed by atoms with E-state index in [1.54, 1.807) is 0 Å². The Balaban J connectivity index is 1.55. The maximum Gasteiger partial charge on any atom is 0.302 e. The average molecular weight is 336 g/mol. The van der Waals surface area contributed by atoms with Crippen LogP contribution < -0.4 is 9.77 Å². The second-order valence-electron chi connectivity index (χ2n) is 6.67. The molecule has 1 aliphatic rings. The molecular formula is C16H23N3O3P+. The molecule has 3 rings (SSSR count). The second-order valence-corrected chi connectivity index (χ2v) is 7.92. The Bertz CT molecular complexity index is 623. The van der Waals surface area contributed by atoms with Gasteiger partial charge in [0.25, 0.3) is 14.7 Å². The Labute approximate surface area is 137 Å². The van der Waals surface area contributed by atoms with E-state index in [0.29, 0.717) is 19.1 Å². The van der Waals surface area contributed by atoms with Gasteiger partial charge in [0.2, 0.25) is 5.27 Å². The third-order valence-corrected chi connectivity index (χ3v) is 4.79. The van der Waals surface area contributed by atoms with Crippen molar-refractivity contribution in [1.82, 2.24) is 5.27 Å². The first-order chi connectivity index (χ1) is 11.0. The van der Waals surface area contributed by atoms with Crippen molar-refractivity contribution in [2.45, 2.75) is 33.2 Å². The van der Waals surface area contributed by atoms with Gasteiger partial charge in [-0.1, -0.05) is 44.2 Å². The van der Waals surface area contributed by atoms with Gasteiger partial charge < -0.3 is 9.05 Å². The highest BCUT2D eigenvalue weighted by atomic mass is 31.2. The number of hydrogen-bond acceptors (Lipinski definition) is 5. The molecule has 124 valence electrons.